The van der Waals surface area contributed by atoms with E-state index < -0.39 is 7.26 Å². The van der Waals surface area contributed by atoms with Gasteiger partial charge in [-0.25, -0.2) is 0 Å². The van der Waals surface area contributed by atoms with Gasteiger partial charge in [-0.3, -0.25) is 0 Å². The molecule has 0 nitrogen and oxygen atoms in total. The van der Waals surface area contributed by atoms with Gasteiger partial charge in [0.15, 0.2) is 0 Å². The van der Waals surface area contributed by atoms with Crippen molar-refractivity contribution in [2.75, 3.05) is 25.7 Å². The highest BCUT2D eigenvalue weighted by atomic mass is 127. The van der Waals surface area contributed by atoms with Gasteiger partial charge in [-0.2, -0.15) is 0 Å². The van der Waals surface area contributed by atoms with Crippen molar-refractivity contribution in [1.82, 2.24) is 0 Å². The van der Waals surface area contributed by atoms with Crippen molar-refractivity contribution in [3.8, 4) is 0 Å². The summed E-state index contributed by atoms with van der Waals surface area (Å²) in [4.78, 5) is 0. The fraction of sp³-hybridized carbons (Fsp3) is 1.00. The number of halogens is 1. The Labute approximate surface area is 198 Å². The van der Waals surface area contributed by atoms with Gasteiger partial charge in [0.1, 0.15) is 0 Å². The lowest BCUT2D eigenvalue weighted by atomic mass is 10.1. The van der Waals surface area contributed by atoms with Gasteiger partial charge in [-0.05, 0) is 25.7 Å². The molecule has 0 rings (SSSR count). The molecule has 0 saturated heterocycles. The molecule has 0 fully saturated rings. The van der Waals surface area contributed by atoms with Gasteiger partial charge in [-0.1, -0.05) is 117 Å². The van der Waals surface area contributed by atoms with E-state index in [0.717, 1.165) is 0 Å². The van der Waals surface area contributed by atoms with Crippen molar-refractivity contribution < 1.29 is 24.0 Å². The Balaban J connectivity index is 0. The Morgan fingerprint density at radius 3 is 0.821 bits per heavy atom. The second-order valence-electron chi connectivity index (χ2n) is 9.75. The van der Waals surface area contributed by atoms with Crippen molar-refractivity contribution in [2.24, 2.45) is 0 Å². The molecule has 0 atom stereocenters. The monoisotopic (exact) mass is 526 g/mol. The van der Waals surface area contributed by atoms with Crippen LogP contribution < -0.4 is 24.0 Å². The maximum atomic E-state index is 2.62. The molecule has 0 aromatic heterocycles. The number of rotatable bonds is 22. The molecule has 0 radical (unpaired) electrons. The molecule has 0 amide bonds. The first-order valence-corrected chi connectivity index (χ1v) is 16.0. The second kappa shape index (κ2) is 24.4. The van der Waals surface area contributed by atoms with E-state index in [1.807, 2.05) is 0 Å². The summed E-state index contributed by atoms with van der Waals surface area (Å²) >= 11 is 0. The summed E-state index contributed by atoms with van der Waals surface area (Å²) < 4.78 is 0. The second-order valence-corrected chi connectivity index (χ2v) is 14.5. The minimum Gasteiger partial charge on any atom is -1.00 e. The Morgan fingerprint density at radius 1 is 0.357 bits per heavy atom. The van der Waals surface area contributed by atoms with Crippen molar-refractivity contribution in [3.05, 3.63) is 0 Å². The van der Waals surface area contributed by atoms with Crippen molar-refractivity contribution >= 4 is 7.26 Å². The van der Waals surface area contributed by atoms with E-state index >= 15 is 0 Å². The summed E-state index contributed by atoms with van der Waals surface area (Å²) in [6.45, 7) is 9.85. The minimum absolute atomic E-state index is 0. The van der Waals surface area contributed by atoms with Gasteiger partial charge in [0.25, 0.3) is 0 Å². The standard InChI is InChI=1S/C26H56P.HI/c1-5-7-9-11-13-15-17-19-21-23-25-27(3,4)26-24-22-20-18-16-14-12-10-8-6-2;/h5-26H2,1-4H3;1H/q+1;/p-1. The SMILES string of the molecule is CCCCCCCCCCCC[P+](C)(C)CCCCCCCCCCCC.[I-]. The fourth-order valence-electron chi connectivity index (χ4n) is 4.17. The summed E-state index contributed by atoms with van der Waals surface area (Å²) in [5, 5.41) is 0. The molecule has 28 heavy (non-hydrogen) atoms. The molecule has 0 N–H and O–H groups in total. The molecule has 0 aromatic carbocycles. The van der Waals surface area contributed by atoms with Crippen LogP contribution in [0.15, 0.2) is 0 Å². The molecule has 0 aliphatic heterocycles. The van der Waals surface area contributed by atoms with E-state index in [2.05, 4.69) is 27.2 Å². The number of unbranched alkanes of at least 4 members (excludes halogenated alkanes) is 18. The quantitative estimate of drug-likeness (QED) is 0.0801. The molecule has 0 bridgehead atoms. The summed E-state index contributed by atoms with van der Waals surface area (Å²) in [5.41, 5.74) is 0. The molecular formula is C26H56IP. The van der Waals surface area contributed by atoms with Gasteiger partial charge in [0.2, 0.25) is 0 Å². The number of hydrogen-bond acceptors (Lipinski definition) is 0. The zero-order valence-electron chi connectivity index (χ0n) is 20.4. The summed E-state index contributed by atoms with van der Waals surface area (Å²) in [6.07, 6.45) is 32.5. The van der Waals surface area contributed by atoms with E-state index in [1.54, 1.807) is 12.3 Å². The van der Waals surface area contributed by atoms with Crippen LogP contribution in [-0.4, -0.2) is 25.7 Å². The molecule has 0 aliphatic rings. The zero-order valence-corrected chi connectivity index (χ0v) is 23.4. The first-order chi connectivity index (χ1) is 13.1. The lowest BCUT2D eigenvalue weighted by molar-refractivity contribution is -0.00000629. The third kappa shape index (κ3) is 25.2. The van der Waals surface area contributed by atoms with Crippen molar-refractivity contribution in [1.29, 1.82) is 0 Å². The zero-order chi connectivity index (χ0) is 20.1. The fourth-order valence-corrected chi connectivity index (χ4v) is 6.55. The highest BCUT2D eigenvalue weighted by Gasteiger charge is 2.23. The molecule has 0 aromatic rings. The molecule has 0 saturated carbocycles. The van der Waals surface area contributed by atoms with Crippen LogP contribution in [-0.2, 0) is 0 Å². The Kier molecular flexibility index (Phi) is 27.3. The molecule has 172 valence electrons. The van der Waals surface area contributed by atoms with Crippen molar-refractivity contribution in [3.63, 3.8) is 0 Å². The Bertz CT molecular complexity index is 252. The molecule has 0 unspecified atom stereocenters. The number of hydrogen-bond donors (Lipinski definition) is 0. The molecule has 2 heteroatoms. The van der Waals surface area contributed by atoms with Gasteiger partial charge < -0.3 is 24.0 Å². The van der Waals surface area contributed by atoms with Crippen LogP contribution in [0.3, 0.4) is 0 Å². The maximum absolute atomic E-state index is 2.62. The molecular weight excluding hydrogens is 470 g/mol. The largest absolute Gasteiger partial charge is 1.00 e. The average molecular weight is 527 g/mol. The highest BCUT2D eigenvalue weighted by Crippen LogP contribution is 2.52. The lowest BCUT2D eigenvalue weighted by Gasteiger charge is -2.18. The minimum atomic E-state index is -0.590. The highest BCUT2D eigenvalue weighted by molar-refractivity contribution is 7.74. The predicted octanol–water partition coefficient (Wildman–Crippen LogP) is 7.11. The smallest absolute Gasteiger partial charge is 0.0589 e. The first kappa shape index (κ1) is 31.3. The predicted molar refractivity (Wildman–Crippen MR) is 132 cm³/mol. The van der Waals surface area contributed by atoms with Crippen LogP contribution in [0.5, 0.6) is 0 Å². The van der Waals surface area contributed by atoms with Crippen LogP contribution in [0.2, 0.25) is 0 Å². The van der Waals surface area contributed by atoms with Gasteiger partial charge in [0.05, 0.1) is 12.3 Å². The third-order valence-electron chi connectivity index (χ3n) is 6.23. The van der Waals surface area contributed by atoms with Crippen molar-refractivity contribution in [2.45, 2.75) is 142 Å². The Hall–Kier alpha value is 1.16. The third-order valence-corrected chi connectivity index (χ3v) is 9.29. The van der Waals surface area contributed by atoms with Crippen LogP contribution >= 0.6 is 7.26 Å². The van der Waals surface area contributed by atoms with Crippen LogP contribution in [0.1, 0.15) is 142 Å². The maximum Gasteiger partial charge on any atom is 0.0589 e. The molecule has 0 spiro atoms. The first-order valence-electron chi connectivity index (χ1n) is 12.9. The topological polar surface area (TPSA) is 0 Å². The van der Waals surface area contributed by atoms with E-state index in [9.17, 15) is 0 Å². The van der Waals surface area contributed by atoms with E-state index in [0.29, 0.717) is 0 Å². The summed E-state index contributed by atoms with van der Waals surface area (Å²) in [5.74, 6) is 0. The van der Waals surface area contributed by atoms with E-state index in [4.69, 9.17) is 0 Å². The molecule has 0 aliphatic carbocycles. The Morgan fingerprint density at radius 2 is 0.571 bits per heavy atom. The van der Waals surface area contributed by atoms with Gasteiger partial charge in [-0.15, -0.1) is 0 Å². The van der Waals surface area contributed by atoms with Crippen LogP contribution in [0, 0.1) is 0 Å². The van der Waals surface area contributed by atoms with Crippen LogP contribution in [0.4, 0.5) is 0 Å². The van der Waals surface area contributed by atoms with Crippen LogP contribution in [0.25, 0.3) is 0 Å². The average Bonchev–Trinajstić information content (AvgIpc) is 2.64. The lowest BCUT2D eigenvalue weighted by Crippen LogP contribution is -3.00. The van der Waals surface area contributed by atoms with Gasteiger partial charge in [0, 0.05) is 20.6 Å². The molecule has 0 heterocycles. The van der Waals surface area contributed by atoms with Gasteiger partial charge >= 0.3 is 0 Å². The summed E-state index contributed by atoms with van der Waals surface area (Å²) in [7, 11) is -0.590. The normalized spacial score (nSPS) is 11.6. The van der Waals surface area contributed by atoms with E-state index in [-0.39, 0.29) is 24.0 Å². The van der Waals surface area contributed by atoms with E-state index in [1.165, 1.54) is 128 Å². The summed E-state index contributed by atoms with van der Waals surface area (Å²) in [6, 6.07) is 0.